The largest absolute Gasteiger partial charge is 0.342 e. The van der Waals surface area contributed by atoms with Gasteiger partial charge in [0, 0.05) is 50.7 Å². The zero-order valence-electron chi connectivity index (χ0n) is 18.8. The second-order valence-corrected chi connectivity index (χ2v) is 8.49. The molecule has 32 heavy (non-hydrogen) atoms. The lowest BCUT2D eigenvalue weighted by Gasteiger charge is -2.40. The van der Waals surface area contributed by atoms with Crippen LogP contribution in [0.3, 0.4) is 0 Å². The first-order chi connectivity index (χ1) is 15.4. The van der Waals surface area contributed by atoms with Gasteiger partial charge in [0.05, 0.1) is 18.2 Å². The molecule has 0 N–H and O–H groups in total. The van der Waals surface area contributed by atoms with Gasteiger partial charge >= 0.3 is 0 Å². The number of carbonyl (C=O) groups is 2. The van der Waals surface area contributed by atoms with Gasteiger partial charge < -0.3 is 9.80 Å². The molecule has 1 saturated heterocycles. The summed E-state index contributed by atoms with van der Waals surface area (Å²) in [6.07, 6.45) is 5.92. The van der Waals surface area contributed by atoms with E-state index in [4.69, 9.17) is 0 Å². The average Bonchev–Trinajstić information content (AvgIpc) is 3.22. The summed E-state index contributed by atoms with van der Waals surface area (Å²) in [5, 5.41) is 4.40. The number of piperazine rings is 1. The predicted octanol–water partition coefficient (Wildman–Crippen LogP) is 2.80. The maximum atomic E-state index is 13.4. The molecule has 0 bridgehead atoms. The molecule has 0 radical (unpaired) electrons. The van der Waals surface area contributed by atoms with Crippen LogP contribution in [0.5, 0.6) is 0 Å². The molecule has 166 valence electrons. The van der Waals surface area contributed by atoms with Crippen molar-refractivity contribution >= 4 is 11.8 Å². The smallest absolute Gasteiger partial charge is 0.245 e. The summed E-state index contributed by atoms with van der Waals surface area (Å²) < 4.78 is 1.79. The Kier molecular flexibility index (Phi) is 6.35. The highest BCUT2D eigenvalue weighted by atomic mass is 16.2. The van der Waals surface area contributed by atoms with Gasteiger partial charge in [0.2, 0.25) is 11.8 Å². The van der Waals surface area contributed by atoms with Crippen molar-refractivity contribution in [3.8, 4) is 11.1 Å². The normalized spacial score (nSPS) is 17.5. The highest BCUT2D eigenvalue weighted by molar-refractivity contribution is 5.90. The van der Waals surface area contributed by atoms with Crippen LogP contribution in [0.25, 0.3) is 11.1 Å². The van der Waals surface area contributed by atoms with Crippen molar-refractivity contribution in [2.75, 3.05) is 20.1 Å². The quantitative estimate of drug-likeness (QED) is 0.602. The summed E-state index contributed by atoms with van der Waals surface area (Å²) in [6.45, 7) is 5.40. The molecule has 1 aliphatic heterocycles. The summed E-state index contributed by atoms with van der Waals surface area (Å²) in [5.41, 5.74) is 3.99. The molecular weight excluding hydrogens is 402 g/mol. The van der Waals surface area contributed by atoms with E-state index < -0.39 is 6.04 Å². The molecule has 1 aliphatic rings. The van der Waals surface area contributed by atoms with E-state index >= 15 is 0 Å². The lowest BCUT2D eigenvalue weighted by atomic mass is 9.93. The topological polar surface area (TPSA) is 71.3 Å². The fourth-order valence-corrected chi connectivity index (χ4v) is 4.29. The van der Waals surface area contributed by atoms with Crippen LogP contribution in [0.15, 0.2) is 61.1 Å². The molecule has 3 heterocycles. The molecule has 2 aromatic heterocycles. The number of hydrogen-bond donors (Lipinski definition) is 0. The summed E-state index contributed by atoms with van der Waals surface area (Å²) >= 11 is 0. The Balaban J connectivity index is 1.59. The van der Waals surface area contributed by atoms with Gasteiger partial charge in [-0.15, -0.1) is 0 Å². The molecule has 1 fully saturated rings. The minimum absolute atomic E-state index is 0.0107. The Hall–Kier alpha value is -3.48. The van der Waals surface area contributed by atoms with Gasteiger partial charge in [-0.2, -0.15) is 5.10 Å². The van der Waals surface area contributed by atoms with E-state index in [1.54, 1.807) is 27.7 Å². The zero-order valence-corrected chi connectivity index (χ0v) is 18.8. The molecule has 7 nitrogen and oxygen atoms in total. The molecule has 4 rings (SSSR count). The van der Waals surface area contributed by atoms with Crippen LogP contribution in [0.4, 0.5) is 0 Å². The summed E-state index contributed by atoms with van der Waals surface area (Å²) in [7, 11) is 1.81. The van der Waals surface area contributed by atoms with E-state index in [1.807, 2.05) is 68.7 Å². The number of aryl methyl sites for hydroxylation is 1. The molecule has 0 aliphatic carbocycles. The molecular formula is C25H29N5O2. The molecule has 2 amide bonds. The Labute approximate surface area is 188 Å². The fourth-order valence-electron chi connectivity index (χ4n) is 4.29. The van der Waals surface area contributed by atoms with Crippen LogP contribution in [-0.2, 0) is 22.6 Å². The predicted molar refractivity (Wildman–Crippen MR) is 123 cm³/mol. The third kappa shape index (κ3) is 4.56. The lowest BCUT2D eigenvalue weighted by molar-refractivity contribution is -0.152. The first-order valence-electron chi connectivity index (χ1n) is 11.0. The Bertz CT molecular complexity index is 1090. The molecule has 3 aromatic rings. The lowest BCUT2D eigenvalue weighted by Crippen LogP contribution is -2.59. The molecule has 0 saturated carbocycles. The number of likely N-dealkylation sites (N-methyl/N-ethyl adjacent to an activating group) is 1. The van der Waals surface area contributed by atoms with Gasteiger partial charge in [0.1, 0.15) is 6.04 Å². The number of amides is 2. The first-order valence-corrected chi connectivity index (χ1v) is 11.0. The Morgan fingerprint density at radius 2 is 1.97 bits per heavy atom. The van der Waals surface area contributed by atoms with Crippen molar-refractivity contribution in [3.63, 3.8) is 0 Å². The van der Waals surface area contributed by atoms with Crippen LogP contribution in [0.2, 0.25) is 0 Å². The van der Waals surface area contributed by atoms with Gasteiger partial charge in [-0.25, -0.2) is 0 Å². The van der Waals surface area contributed by atoms with Crippen molar-refractivity contribution < 1.29 is 9.59 Å². The minimum Gasteiger partial charge on any atom is -0.342 e. The van der Waals surface area contributed by atoms with Gasteiger partial charge in [0.25, 0.3) is 0 Å². The van der Waals surface area contributed by atoms with E-state index in [0.29, 0.717) is 26.1 Å². The van der Waals surface area contributed by atoms with Crippen molar-refractivity contribution in [1.29, 1.82) is 0 Å². The highest BCUT2D eigenvalue weighted by Crippen LogP contribution is 2.27. The molecule has 2 atom stereocenters. The molecule has 0 unspecified atom stereocenters. The van der Waals surface area contributed by atoms with Crippen LogP contribution >= 0.6 is 0 Å². The maximum Gasteiger partial charge on any atom is 0.245 e. The number of rotatable bonds is 6. The van der Waals surface area contributed by atoms with E-state index in [2.05, 4.69) is 10.1 Å². The molecule has 0 spiro atoms. The van der Waals surface area contributed by atoms with Crippen molar-refractivity contribution in [1.82, 2.24) is 24.6 Å². The summed E-state index contributed by atoms with van der Waals surface area (Å²) in [6, 6.07) is 13.3. The van der Waals surface area contributed by atoms with Crippen LogP contribution in [0.1, 0.15) is 18.2 Å². The maximum absolute atomic E-state index is 13.4. The van der Waals surface area contributed by atoms with E-state index in [0.717, 1.165) is 22.4 Å². The molecule has 1 aromatic carbocycles. The van der Waals surface area contributed by atoms with Crippen LogP contribution in [-0.4, -0.2) is 62.6 Å². The van der Waals surface area contributed by atoms with Crippen LogP contribution < -0.4 is 0 Å². The van der Waals surface area contributed by atoms with Crippen LogP contribution in [0, 0.1) is 12.8 Å². The summed E-state index contributed by atoms with van der Waals surface area (Å²) in [5.74, 6) is -0.308. The minimum atomic E-state index is -0.527. The number of hydrogen-bond acceptors (Lipinski definition) is 4. The Morgan fingerprint density at radius 1 is 1.16 bits per heavy atom. The van der Waals surface area contributed by atoms with Crippen molar-refractivity contribution in [2.24, 2.45) is 5.92 Å². The van der Waals surface area contributed by atoms with Gasteiger partial charge in [-0.1, -0.05) is 37.3 Å². The first kappa shape index (κ1) is 21.7. The third-order valence-corrected chi connectivity index (χ3v) is 6.06. The summed E-state index contributed by atoms with van der Waals surface area (Å²) in [4.78, 5) is 34.3. The fraction of sp³-hybridized carbons (Fsp3) is 0.360. The van der Waals surface area contributed by atoms with Gasteiger partial charge in [0.15, 0.2) is 0 Å². The number of carbonyl (C=O) groups excluding carboxylic acids is 2. The SMILES string of the molecule is Cc1ccn(C[C@@H](C)C(=O)N2CCN(C)C(=O)[C@@H]2Cc2ccccc2-c2cccnc2)n1. The second-order valence-electron chi connectivity index (χ2n) is 8.49. The number of aromatic nitrogens is 3. The number of nitrogens with zero attached hydrogens (tertiary/aromatic N) is 5. The van der Waals surface area contributed by atoms with E-state index in [-0.39, 0.29) is 17.7 Å². The highest BCUT2D eigenvalue weighted by Gasteiger charge is 2.37. The average molecular weight is 432 g/mol. The van der Waals surface area contributed by atoms with E-state index in [9.17, 15) is 9.59 Å². The molecule has 7 heteroatoms. The Morgan fingerprint density at radius 3 is 2.69 bits per heavy atom. The van der Waals surface area contributed by atoms with Crippen molar-refractivity contribution in [3.05, 3.63) is 72.3 Å². The third-order valence-electron chi connectivity index (χ3n) is 6.06. The number of benzene rings is 1. The van der Waals surface area contributed by atoms with E-state index in [1.165, 1.54) is 0 Å². The monoisotopic (exact) mass is 431 g/mol. The van der Waals surface area contributed by atoms with Gasteiger partial charge in [-0.3, -0.25) is 19.3 Å². The standard InChI is InChI=1S/C25H29N5O2/c1-18(17-29-12-10-19(2)27-29)24(31)30-14-13-28(3)25(32)23(30)15-20-7-4-5-9-22(20)21-8-6-11-26-16-21/h4-12,16,18,23H,13-15,17H2,1-3H3/t18-,23+/m1/s1. The van der Waals surface area contributed by atoms with Crippen molar-refractivity contribution in [2.45, 2.75) is 32.9 Å². The number of pyridine rings is 1. The van der Waals surface area contributed by atoms with Gasteiger partial charge in [-0.05, 0) is 30.2 Å². The second kappa shape index (κ2) is 9.34. The zero-order chi connectivity index (χ0) is 22.7.